The Morgan fingerprint density at radius 3 is 2.93 bits per heavy atom. The van der Waals surface area contributed by atoms with Gasteiger partial charge in [0.25, 0.3) is 0 Å². The Hall–Kier alpha value is -1.09. The van der Waals surface area contributed by atoms with Crippen molar-refractivity contribution in [2.75, 3.05) is 5.32 Å². The largest absolute Gasteiger partial charge is 0.326 e. The molecule has 0 bridgehead atoms. The van der Waals surface area contributed by atoms with Crippen LogP contribution in [-0.4, -0.2) is 5.91 Å². The SMILES string of the molecule is C=CCCC(=O)Nc1ccc(Br)c(C)c1. The molecule has 80 valence electrons. The van der Waals surface area contributed by atoms with Gasteiger partial charge in [-0.1, -0.05) is 22.0 Å². The quantitative estimate of drug-likeness (QED) is 0.829. The fraction of sp³-hybridized carbons (Fsp3) is 0.250. The van der Waals surface area contributed by atoms with E-state index in [1.165, 1.54) is 0 Å². The number of carbonyl (C=O) groups is 1. The second-order valence-electron chi connectivity index (χ2n) is 3.34. The first-order chi connectivity index (χ1) is 7.13. The number of halogens is 1. The Morgan fingerprint density at radius 1 is 1.60 bits per heavy atom. The number of carbonyl (C=O) groups excluding carboxylic acids is 1. The Balaban J connectivity index is 2.60. The summed E-state index contributed by atoms with van der Waals surface area (Å²) in [5.41, 5.74) is 1.95. The normalized spacial score (nSPS) is 9.73. The third-order valence-electron chi connectivity index (χ3n) is 2.02. The second-order valence-corrected chi connectivity index (χ2v) is 4.19. The van der Waals surface area contributed by atoms with Crippen LogP contribution in [0.5, 0.6) is 0 Å². The fourth-order valence-corrected chi connectivity index (χ4v) is 1.43. The van der Waals surface area contributed by atoms with Crippen LogP contribution in [0.4, 0.5) is 5.69 Å². The molecule has 0 saturated carbocycles. The summed E-state index contributed by atoms with van der Waals surface area (Å²) in [6.07, 6.45) is 2.94. The molecule has 0 heterocycles. The van der Waals surface area contributed by atoms with Gasteiger partial charge in [0, 0.05) is 16.6 Å². The van der Waals surface area contributed by atoms with Gasteiger partial charge in [-0.25, -0.2) is 0 Å². The van der Waals surface area contributed by atoms with Crippen molar-refractivity contribution in [1.82, 2.24) is 0 Å². The number of aryl methyl sites for hydroxylation is 1. The van der Waals surface area contributed by atoms with E-state index in [4.69, 9.17) is 0 Å². The minimum atomic E-state index is 0.0247. The first-order valence-corrected chi connectivity index (χ1v) is 5.59. The smallest absolute Gasteiger partial charge is 0.224 e. The lowest BCUT2D eigenvalue weighted by atomic mass is 10.2. The number of allylic oxidation sites excluding steroid dienone is 1. The number of rotatable bonds is 4. The van der Waals surface area contributed by atoms with Crippen LogP contribution in [-0.2, 0) is 4.79 Å². The fourth-order valence-electron chi connectivity index (χ4n) is 1.18. The van der Waals surface area contributed by atoms with Crippen LogP contribution in [0, 0.1) is 6.92 Å². The summed E-state index contributed by atoms with van der Waals surface area (Å²) in [7, 11) is 0. The molecule has 0 radical (unpaired) electrons. The average Bonchev–Trinajstić information content (AvgIpc) is 2.20. The van der Waals surface area contributed by atoms with Crippen LogP contribution in [0.1, 0.15) is 18.4 Å². The molecule has 3 heteroatoms. The average molecular weight is 268 g/mol. The molecule has 0 aliphatic heterocycles. The topological polar surface area (TPSA) is 29.1 Å². The van der Waals surface area contributed by atoms with E-state index >= 15 is 0 Å². The van der Waals surface area contributed by atoms with Crippen molar-refractivity contribution >= 4 is 27.5 Å². The molecule has 0 atom stereocenters. The third kappa shape index (κ3) is 3.88. The van der Waals surface area contributed by atoms with E-state index < -0.39 is 0 Å². The molecule has 1 aromatic rings. The molecule has 0 aromatic heterocycles. The van der Waals surface area contributed by atoms with Gasteiger partial charge in [0.05, 0.1) is 0 Å². The standard InChI is InChI=1S/C12H14BrNO/c1-3-4-5-12(15)14-10-6-7-11(13)9(2)8-10/h3,6-8H,1,4-5H2,2H3,(H,14,15). The molecule has 0 unspecified atom stereocenters. The summed E-state index contributed by atoms with van der Waals surface area (Å²) in [6.45, 7) is 5.57. The van der Waals surface area contributed by atoms with Crippen molar-refractivity contribution < 1.29 is 4.79 Å². The molecule has 1 rings (SSSR count). The Bertz CT molecular complexity index is 374. The number of hydrogen-bond donors (Lipinski definition) is 1. The minimum absolute atomic E-state index is 0.0247. The summed E-state index contributed by atoms with van der Waals surface area (Å²) in [5.74, 6) is 0.0247. The Labute approximate surface area is 98.5 Å². The van der Waals surface area contributed by atoms with Crippen LogP contribution in [0.3, 0.4) is 0 Å². The van der Waals surface area contributed by atoms with E-state index in [-0.39, 0.29) is 5.91 Å². The van der Waals surface area contributed by atoms with Crippen molar-refractivity contribution in [2.24, 2.45) is 0 Å². The zero-order valence-electron chi connectivity index (χ0n) is 8.72. The van der Waals surface area contributed by atoms with E-state index in [0.29, 0.717) is 12.8 Å². The highest BCUT2D eigenvalue weighted by Crippen LogP contribution is 2.20. The van der Waals surface area contributed by atoms with Crippen LogP contribution >= 0.6 is 15.9 Å². The molecule has 1 N–H and O–H groups in total. The van der Waals surface area contributed by atoms with Crippen molar-refractivity contribution in [3.63, 3.8) is 0 Å². The van der Waals surface area contributed by atoms with Crippen LogP contribution in [0.15, 0.2) is 35.3 Å². The highest BCUT2D eigenvalue weighted by molar-refractivity contribution is 9.10. The molecular formula is C12H14BrNO. The second kappa shape index (κ2) is 5.71. The van der Waals surface area contributed by atoms with E-state index in [2.05, 4.69) is 27.8 Å². The highest BCUT2D eigenvalue weighted by atomic mass is 79.9. The Morgan fingerprint density at radius 2 is 2.33 bits per heavy atom. The zero-order chi connectivity index (χ0) is 11.3. The molecule has 0 aliphatic carbocycles. The van der Waals surface area contributed by atoms with Crippen LogP contribution < -0.4 is 5.32 Å². The number of anilines is 1. The van der Waals surface area contributed by atoms with Gasteiger partial charge in [-0.3, -0.25) is 4.79 Å². The van der Waals surface area contributed by atoms with Gasteiger partial charge in [-0.05, 0) is 37.1 Å². The first-order valence-electron chi connectivity index (χ1n) is 4.80. The molecule has 0 saturated heterocycles. The van der Waals surface area contributed by atoms with Crippen molar-refractivity contribution in [3.8, 4) is 0 Å². The van der Waals surface area contributed by atoms with Gasteiger partial charge < -0.3 is 5.32 Å². The van der Waals surface area contributed by atoms with Gasteiger partial charge in [-0.15, -0.1) is 6.58 Å². The van der Waals surface area contributed by atoms with Gasteiger partial charge in [0.2, 0.25) is 5.91 Å². The van der Waals surface area contributed by atoms with E-state index in [1.54, 1.807) is 6.08 Å². The van der Waals surface area contributed by atoms with Crippen LogP contribution in [0.2, 0.25) is 0 Å². The predicted octanol–water partition coefficient (Wildman–Crippen LogP) is 3.66. The van der Waals surface area contributed by atoms with Crippen molar-refractivity contribution in [2.45, 2.75) is 19.8 Å². The summed E-state index contributed by atoms with van der Waals surface area (Å²) >= 11 is 3.41. The van der Waals surface area contributed by atoms with E-state index in [9.17, 15) is 4.79 Å². The van der Waals surface area contributed by atoms with Crippen molar-refractivity contribution in [1.29, 1.82) is 0 Å². The summed E-state index contributed by atoms with van der Waals surface area (Å²) in [6, 6.07) is 5.75. The maximum atomic E-state index is 11.4. The number of benzene rings is 1. The van der Waals surface area contributed by atoms with Gasteiger partial charge in [0.1, 0.15) is 0 Å². The highest BCUT2D eigenvalue weighted by Gasteiger charge is 2.02. The lowest BCUT2D eigenvalue weighted by Gasteiger charge is -2.06. The number of hydrogen-bond acceptors (Lipinski definition) is 1. The molecular weight excluding hydrogens is 254 g/mol. The van der Waals surface area contributed by atoms with E-state index in [0.717, 1.165) is 15.7 Å². The molecule has 1 aromatic carbocycles. The first kappa shape index (κ1) is 12.0. The lowest BCUT2D eigenvalue weighted by Crippen LogP contribution is -2.10. The maximum Gasteiger partial charge on any atom is 0.224 e. The maximum absolute atomic E-state index is 11.4. The molecule has 2 nitrogen and oxygen atoms in total. The van der Waals surface area contributed by atoms with Crippen molar-refractivity contribution in [3.05, 3.63) is 40.9 Å². The molecule has 0 fully saturated rings. The number of amides is 1. The molecule has 1 amide bonds. The molecule has 15 heavy (non-hydrogen) atoms. The summed E-state index contributed by atoms with van der Waals surface area (Å²) < 4.78 is 1.05. The van der Waals surface area contributed by atoms with Crippen LogP contribution in [0.25, 0.3) is 0 Å². The molecule has 0 aliphatic rings. The lowest BCUT2D eigenvalue weighted by molar-refractivity contribution is -0.116. The zero-order valence-corrected chi connectivity index (χ0v) is 10.3. The monoisotopic (exact) mass is 267 g/mol. The predicted molar refractivity (Wildman–Crippen MR) is 66.9 cm³/mol. The van der Waals surface area contributed by atoms with E-state index in [1.807, 2.05) is 25.1 Å². The minimum Gasteiger partial charge on any atom is -0.326 e. The van der Waals surface area contributed by atoms with Gasteiger partial charge in [-0.2, -0.15) is 0 Å². The summed E-state index contributed by atoms with van der Waals surface area (Å²) in [5, 5.41) is 2.84. The van der Waals surface area contributed by atoms with Gasteiger partial charge >= 0.3 is 0 Å². The Kier molecular flexibility index (Phi) is 4.56. The third-order valence-corrected chi connectivity index (χ3v) is 2.91. The molecule has 0 spiro atoms. The summed E-state index contributed by atoms with van der Waals surface area (Å²) in [4.78, 5) is 11.4. The number of nitrogens with one attached hydrogen (secondary N) is 1. The van der Waals surface area contributed by atoms with Gasteiger partial charge in [0.15, 0.2) is 0 Å².